The van der Waals surface area contributed by atoms with Crippen molar-refractivity contribution in [3.63, 3.8) is 0 Å². The molecular weight excluding hydrogens is 268 g/mol. The van der Waals surface area contributed by atoms with Crippen molar-refractivity contribution in [3.8, 4) is 0 Å². The first-order valence-electron chi connectivity index (χ1n) is 7.66. The van der Waals surface area contributed by atoms with Crippen LogP contribution in [0.4, 0.5) is 0 Å². The van der Waals surface area contributed by atoms with Gasteiger partial charge in [0.1, 0.15) is 12.2 Å². The second-order valence-corrected chi connectivity index (χ2v) is 6.14. The van der Waals surface area contributed by atoms with Crippen LogP contribution in [-0.2, 0) is 25.6 Å². The number of methoxy groups -OCH3 is 1. The summed E-state index contributed by atoms with van der Waals surface area (Å²) in [6, 6.07) is 10.2. The van der Waals surface area contributed by atoms with Crippen LogP contribution in [0.15, 0.2) is 30.3 Å². The summed E-state index contributed by atoms with van der Waals surface area (Å²) >= 11 is 0. The molecule has 0 saturated carbocycles. The Morgan fingerprint density at radius 2 is 2.05 bits per heavy atom. The molecule has 4 heteroatoms. The van der Waals surface area contributed by atoms with Crippen LogP contribution in [0.1, 0.15) is 25.8 Å². The molecule has 116 valence electrons. The van der Waals surface area contributed by atoms with E-state index in [1.54, 1.807) is 7.11 Å². The lowest BCUT2D eigenvalue weighted by Crippen LogP contribution is -2.55. The Bertz CT molecular complexity index is 461. The second kappa shape index (κ2) is 6.05. The van der Waals surface area contributed by atoms with Crippen molar-refractivity contribution in [1.29, 1.82) is 0 Å². The lowest BCUT2D eigenvalue weighted by atomic mass is 9.90. The summed E-state index contributed by atoms with van der Waals surface area (Å²) in [5.74, 6) is -0.353. The maximum absolute atomic E-state index is 6.18. The van der Waals surface area contributed by atoms with Gasteiger partial charge in [-0.1, -0.05) is 44.2 Å². The van der Waals surface area contributed by atoms with Crippen LogP contribution in [-0.4, -0.2) is 37.8 Å². The first-order valence-corrected chi connectivity index (χ1v) is 7.66. The van der Waals surface area contributed by atoms with Gasteiger partial charge in [-0.3, -0.25) is 0 Å². The van der Waals surface area contributed by atoms with Crippen LogP contribution < -0.4 is 0 Å². The summed E-state index contributed by atoms with van der Waals surface area (Å²) in [5.41, 5.74) is 1.17. The van der Waals surface area contributed by atoms with E-state index in [1.807, 2.05) is 18.2 Å². The van der Waals surface area contributed by atoms with E-state index in [9.17, 15) is 0 Å². The van der Waals surface area contributed by atoms with Crippen molar-refractivity contribution in [2.45, 2.75) is 51.0 Å². The third kappa shape index (κ3) is 2.73. The highest BCUT2D eigenvalue weighted by Crippen LogP contribution is 2.43. The molecule has 1 unspecified atom stereocenters. The van der Waals surface area contributed by atoms with Gasteiger partial charge < -0.3 is 18.9 Å². The molecule has 1 aromatic rings. The summed E-state index contributed by atoms with van der Waals surface area (Å²) in [7, 11) is 1.72. The van der Waals surface area contributed by atoms with Gasteiger partial charge in [-0.15, -0.1) is 0 Å². The Balaban J connectivity index is 1.66. The molecule has 2 saturated heterocycles. The van der Waals surface area contributed by atoms with Gasteiger partial charge in [-0.25, -0.2) is 0 Å². The standard InChI is InChI=1S/C17H24O4/c1-12(2)17-16(18-3)9-14(15(21-17)11-20-17)19-10-13-7-5-4-6-8-13/h4-8,12,14-16H,9-11H2,1-3H3/t14-,15+,16+,17?/m0/s1. The zero-order valence-corrected chi connectivity index (χ0v) is 13.0. The van der Waals surface area contributed by atoms with E-state index in [2.05, 4.69) is 26.0 Å². The highest BCUT2D eigenvalue weighted by molar-refractivity contribution is 5.13. The van der Waals surface area contributed by atoms with Crippen LogP contribution in [0.5, 0.6) is 0 Å². The third-order valence-corrected chi connectivity index (χ3v) is 4.51. The molecule has 0 N–H and O–H groups in total. The van der Waals surface area contributed by atoms with Gasteiger partial charge in [0.25, 0.3) is 0 Å². The van der Waals surface area contributed by atoms with Crippen LogP contribution in [0.3, 0.4) is 0 Å². The Morgan fingerprint density at radius 3 is 2.71 bits per heavy atom. The smallest absolute Gasteiger partial charge is 0.197 e. The first-order chi connectivity index (χ1) is 10.2. The summed E-state index contributed by atoms with van der Waals surface area (Å²) in [4.78, 5) is 0. The fraction of sp³-hybridized carbons (Fsp3) is 0.647. The minimum Gasteiger partial charge on any atom is -0.376 e. The summed E-state index contributed by atoms with van der Waals surface area (Å²) in [6.45, 7) is 5.40. The normalized spacial score (nSPS) is 35.3. The summed E-state index contributed by atoms with van der Waals surface area (Å²) in [5, 5.41) is 0. The summed E-state index contributed by atoms with van der Waals surface area (Å²) < 4.78 is 23.9. The molecule has 2 aliphatic rings. The van der Waals surface area contributed by atoms with Gasteiger partial charge >= 0.3 is 0 Å². The van der Waals surface area contributed by atoms with Crippen LogP contribution in [0, 0.1) is 5.92 Å². The van der Waals surface area contributed by atoms with E-state index in [-0.39, 0.29) is 24.2 Å². The lowest BCUT2D eigenvalue weighted by molar-refractivity contribution is -0.293. The van der Waals surface area contributed by atoms with Gasteiger partial charge in [0.2, 0.25) is 0 Å². The van der Waals surface area contributed by atoms with Gasteiger partial charge in [0.05, 0.1) is 19.3 Å². The van der Waals surface area contributed by atoms with Gasteiger partial charge in [-0.2, -0.15) is 0 Å². The molecule has 0 radical (unpaired) electrons. The number of benzene rings is 1. The molecule has 1 aromatic carbocycles. The monoisotopic (exact) mass is 292 g/mol. The van der Waals surface area contributed by atoms with Crippen molar-refractivity contribution in [1.82, 2.24) is 0 Å². The Kier molecular flexibility index (Phi) is 4.31. The summed E-state index contributed by atoms with van der Waals surface area (Å²) in [6.07, 6.45) is 0.746. The fourth-order valence-corrected chi connectivity index (χ4v) is 3.28. The molecule has 4 atom stereocenters. The molecule has 4 nitrogen and oxygen atoms in total. The third-order valence-electron chi connectivity index (χ3n) is 4.51. The van der Waals surface area contributed by atoms with Gasteiger partial charge in [-0.05, 0) is 5.56 Å². The highest BCUT2D eigenvalue weighted by Gasteiger charge is 2.57. The molecule has 21 heavy (non-hydrogen) atoms. The number of fused-ring (bicyclic) bond motifs is 2. The molecular formula is C17H24O4. The molecule has 0 spiro atoms. The van der Waals surface area contributed by atoms with Crippen molar-refractivity contribution in [3.05, 3.63) is 35.9 Å². The Hall–Kier alpha value is -0.940. The van der Waals surface area contributed by atoms with Crippen molar-refractivity contribution in [2.75, 3.05) is 13.7 Å². The molecule has 0 amide bonds. The molecule has 0 aliphatic carbocycles. The Labute approximate surface area is 126 Å². The molecule has 2 bridgehead atoms. The number of rotatable bonds is 5. The first kappa shape index (κ1) is 15.0. The maximum atomic E-state index is 6.18. The predicted octanol–water partition coefficient (Wildman–Crippen LogP) is 2.76. The topological polar surface area (TPSA) is 36.9 Å². The zero-order chi connectivity index (χ0) is 14.9. The molecule has 3 rings (SSSR count). The van der Waals surface area contributed by atoms with E-state index >= 15 is 0 Å². The fourth-order valence-electron chi connectivity index (χ4n) is 3.28. The van der Waals surface area contributed by atoms with Gasteiger partial charge in [0.15, 0.2) is 5.79 Å². The average Bonchev–Trinajstić information content (AvgIpc) is 2.89. The van der Waals surface area contributed by atoms with Gasteiger partial charge in [0, 0.05) is 19.4 Å². The maximum Gasteiger partial charge on any atom is 0.197 e. The molecule has 0 aromatic heterocycles. The largest absolute Gasteiger partial charge is 0.376 e. The van der Waals surface area contributed by atoms with E-state index < -0.39 is 5.79 Å². The minimum atomic E-state index is -0.605. The van der Waals surface area contributed by atoms with E-state index in [4.69, 9.17) is 18.9 Å². The van der Waals surface area contributed by atoms with Crippen molar-refractivity contribution in [2.24, 2.45) is 5.92 Å². The van der Waals surface area contributed by atoms with Crippen molar-refractivity contribution < 1.29 is 18.9 Å². The zero-order valence-electron chi connectivity index (χ0n) is 13.0. The molecule has 2 fully saturated rings. The SMILES string of the molecule is CO[C@@H]1C[C@H](OCc2ccccc2)[C@H]2COC1(C(C)C)O2. The molecule has 2 heterocycles. The van der Waals surface area contributed by atoms with Crippen LogP contribution in [0.2, 0.25) is 0 Å². The second-order valence-electron chi connectivity index (χ2n) is 6.14. The van der Waals surface area contributed by atoms with Crippen molar-refractivity contribution >= 4 is 0 Å². The van der Waals surface area contributed by atoms with E-state index in [0.29, 0.717) is 13.2 Å². The highest BCUT2D eigenvalue weighted by atomic mass is 16.8. The average molecular weight is 292 g/mol. The van der Waals surface area contributed by atoms with E-state index in [0.717, 1.165) is 6.42 Å². The quantitative estimate of drug-likeness (QED) is 0.836. The number of hydrogen-bond acceptors (Lipinski definition) is 4. The Morgan fingerprint density at radius 1 is 1.29 bits per heavy atom. The predicted molar refractivity (Wildman–Crippen MR) is 78.8 cm³/mol. The number of hydrogen-bond donors (Lipinski definition) is 0. The van der Waals surface area contributed by atoms with Crippen LogP contribution in [0.25, 0.3) is 0 Å². The number of ether oxygens (including phenoxy) is 4. The minimum absolute atomic E-state index is 0.00233. The molecule has 2 aliphatic heterocycles. The van der Waals surface area contributed by atoms with E-state index in [1.165, 1.54) is 5.56 Å². The lowest BCUT2D eigenvalue weighted by Gasteiger charge is -2.43. The van der Waals surface area contributed by atoms with Crippen LogP contribution >= 0.6 is 0 Å².